The molecule has 4 aromatic rings. The van der Waals surface area contributed by atoms with Gasteiger partial charge in [0.15, 0.2) is 0 Å². The third-order valence-corrected chi connectivity index (χ3v) is 10.1. The molecule has 48 heavy (non-hydrogen) atoms. The Hall–Kier alpha value is -4.85. The van der Waals surface area contributed by atoms with E-state index in [1.165, 1.54) is 0 Å². The number of carbonyl (C=O) groups is 3. The molecule has 1 aliphatic rings. The third kappa shape index (κ3) is 7.03. The molecule has 1 aromatic heterocycles. The van der Waals surface area contributed by atoms with E-state index in [1.807, 2.05) is 52.8 Å². The van der Waals surface area contributed by atoms with Crippen LogP contribution in [-0.4, -0.2) is 73.7 Å². The minimum absolute atomic E-state index is 0.0330. The van der Waals surface area contributed by atoms with Gasteiger partial charge in [-0.25, -0.2) is 9.78 Å². The van der Waals surface area contributed by atoms with Crippen LogP contribution in [0.4, 0.5) is 10.6 Å². The van der Waals surface area contributed by atoms with E-state index in [-0.39, 0.29) is 42.9 Å². The van der Waals surface area contributed by atoms with Gasteiger partial charge in [-0.1, -0.05) is 74.9 Å². The predicted octanol–water partition coefficient (Wildman–Crippen LogP) is 6.43. The third-order valence-electron chi connectivity index (χ3n) is 10.1. The molecule has 1 saturated heterocycles. The number of carboxylic acid groups (broad SMARTS) is 1. The molecule has 0 aliphatic carbocycles. The topological polar surface area (TPSA) is 120 Å². The van der Waals surface area contributed by atoms with Gasteiger partial charge in [0.1, 0.15) is 18.4 Å². The summed E-state index contributed by atoms with van der Waals surface area (Å²) in [5, 5.41) is 21.8. The van der Waals surface area contributed by atoms with E-state index in [9.17, 15) is 24.8 Å². The summed E-state index contributed by atoms with van der Waals surface area (Å²) in [6.07, 6.45) is 4.42. The number of rotatable bonds is 12. The molecule has 0 bridgehead atoms. The first-order valence-corrected chi connectivity index (χ1v) is 16.7. The molecular formula is C38H45N6O4+. The molecule has 1 unspecified atom stereocenters. The number of aromatic nitrogens is 2. The first kappa shape index (κ1) is 34.5. The molecule has 0 saturated carbocycles. The molecule has 0 radical (unpaired) electrons. The average molecular weight is 650 g/mol. The summed E-state index contributed by atoms with van der Waals surface area (Å²) in [4.78, 5) is 48.7. The summed E-state index contributed by atoms with van der Waals surface area (Å²) >= 11 is 0. The molecule has 1 fully saturated rings. The maximum absolute atomic E-state index is 14.2. The van der Waals surface area contributed by atoms with Crippen LogP contribution in [0, 0.1) is 17.2 Å². The number of nitriles is 1. The van der Waals surface area contributed by atoms with Gasteiger partial charge in [-0.3, -0.25) is 14.6 Å². The van der Waals surface area contributed by atoms with Gasteiger partial charge in [0.05, 0.1) is 43.3 Å². The average Bonchev–Trinajstić information content (AvgIpc) is 3.71. The van der Waals surface area contributed by atoms with Gasteiger partial charge < -0.3 is 9.67 Å². The molecule has 4 atom stereocenters. The summed E-state index contributed by atoms with van der Waals surface area (Å²) in [5.41, 5.74) is 2.56. The Morgan fingerprint density at radius 3 is 2.48 bits per heavy atom. The fourth-order valence-electron chi connectivity index (χ4n) is 7.15. The normalized spacial score (nSPS) is 18.8. The number of anilines is 1. The van der Waals surface area contributed by atoms with Gasteiger partial charge in [0.25, 0.3) is 0 Å². The zero-order valence-electron chi connectivity index (χ0n) is 28.2. The highest BCUT2D eigenvalue weighted by Gasteiger charge is 2.53. The summed E-state index contributed by atoms with van der Waals surface area (Å²) in [7, 11) is 0. The van der Waals surface area contributed by atoms with E-state index in [2.05, 4.69) is 43.1 Å². The minimum atomic E-state index is -1.11. The lowest BCUT2D eigenvalue weighted by Gasteiger charge is -2.39. The second-order valence-corrected chi connectivity index (χ2v) is 13.1. The summed E-state index contributed by atoms with van der Waals surface area (Å²) in [6.45, 7) is 9.00. The van der Waals surface area contributed by atoms with Crippen molar-refractivity contribution in [1.82, 2.24) is 14.5 Å². The second-order valence-electron chi connectivity index (χ2n) is 13.1. The number of hydrogen-bond acceptors (Lipinski definition) is 6. The van der Waals surface area contributed by atoms with E-state index in [4.69, 9.17) is 0 Å². The van der Waals surface area contributed by atoms with Crippen LogP contribution in [0.3, 0.4) is 0 Å². The zero-order chi connectivity index (χ0) is 34.4. The van der Waals surface area contributed by atoms with Gasteiger partial charge in [-0.05, 0) is 46.9 Å². The molecule has 1 N–H and O–H groups in total. The van der Waals surface area contributed by atoms with E-state index >= 15 is 0 Å². The number of likely N-dealkylation sites (tertiary alicyclic amines) is 1. The first-order chi connectivity index (χ1) is 23.1. The SMILES string of the molecule is CC[C@H](C)[C@@H](CN(CC(=O)[N+]1(C(=O)O)CCC[C@H]1C)Cc1cccc2ccccc12)N(C(C)=O)c1cncn1Cc1ccc(C#N)cc1. The molecule has 5 rings (SSSR count). The van der Waals surface area contributed by atoms with E-state index in [1.54, 1.807) is 36.5 Å². The number of amides is 3. The Kier molecular flexibility index (Phi) is 10.7. The van der Waals surface area contributed by atoms with Crippen LogP contribution >= 0.6 is 0 Å². The number of carbonyl (C=O) groups excluding carboxylic acids is 2. The number of fused-ring (bicyclic) bond motifs is 1. The van der Waals surface area contributed by atoms with Crippen LogP contribution in [-0.2, 0) is 22.7 Å². The van der Waals surface area contributed by atoms with Crippen molar-refractivity contribution in [2.75, 3.05) is 24.5 Å². The maximum Gasteiger partial charge on any atom is 0.521 e. The molecule has 3 amide bonds. The summed E-state index contributed by atoms with van der Waals surface area (Å²) in [5.74, 6) is 0.179. The van der Waals surface area contributed by atoms with Crippen LogP contribution < -0.4 is 4.90 Å². The predicted molar refractivity (Wildman–Crippen MR) is 185 cm³/mol. The zero-order valence-corrected chi connectivity index (χ0v) is 28.2. The fourth-order valence-corrected chi connectivity index (χ4v) is 7.15. The molecule has 1 aliphatic heterocycles. The highest BCUT2D eigenvalue weighted by molar-refractivity contribution is 5.91. The number of nitrogens with zero attached hydrogens (tertiary/aromatic N) is 6. The highest BCUT2D eigenvalue weighted by atomic mass is 16.4. The van der Waals surface area contributed by atoms with Crippen LogP contribution in [0.5, 0.6) is 0 Å². The van der Waals surface area contributed by atoms with Gasteiger partial charge in [-0.15, -0.1) is 0 Å². The van der Waals surface area contributed by atoms with Crippen molar-refractivity contribution in [3.8, 4) is 6.07 Å². The fraction of sp³-hybridized carbons (Fsp3) is 0.395. The van der Waals surface area contributed by atoms with E-state index < -0.39 is 10.6 Å². The number of quaternary nitrogens is 1. The Balaban J connectivity index is 1.53. The van der Waals surface area contributed by atoms with Gasteiger partial charge in [0, 0.05) is 32.9 Å². The molecule has 3 aromatic carbocycles. The second kappa shape index (κ2) is 14.9. The molecule has 10 nitrogen and oxygen atoms in total. The lowest BCUT2D eigenvalue weighted by atomic mass is 9.96. The van der Waals surface area contributed by atoms with E-state index in [0.29, 0.717) is 43.9 Å². The molecule has 250 valence electrons. The number of imidazole rings is 1. The quantitative estimate of drug-likeness (QED) is 0.176. The highest BCUT2D eigenvalue weighted by Crippen LogP contribution is 2.30. The lowest BCUT2D eigenvalue weighted by molar-refractivity contribution is -0.792. The molecule has 2 heterocycles. The van der Waals surface area contributed by atoms with Crippen LogP contribution in [0.1, 0.15) is 63.6 Å². The molecule has 10 heteroatoms. The summed E-state index contributed by atoms with van der Waals surface area (Å²) in [6, 6.07) is 23.0. The van der Waals surface area contributed by atoms with Gasteiger partial charge in [0.2, 0.25) is 5.91 Å². The van der Waals surface area contributed by atoms with Crippen molar-refractivity contribution >= 4 is 34.5 Å². The Bertz CT molecular complexity index is 1810. The smallest absolute Gasteiger partial charge is 0.435 e. The van der Waals surface area contributed by atoms with Crippen LogP contribution in [0.15, 0.2) is 79.3 Å². The van der Waals surface area contributed by atoms with Crippen LogP contribution in [0.2, 0.25) is 0 Å². The Labute approximate surface area is 282 Å². The van der Waals surface area contributed by atoms with Crippen molar-refractivity contribution in [3.05, 3.63) is 95.9 Å². The molecular weight excluding hydrogens is 604 g/mol. The maximum atomic E-state index is 14.2. The Morgan fingerprint density at radius 1 is 1.10 bits per heavy atom. The van der Waals surface area contributed by atoms with Gasteiger partial charge >= 0.3 is 12.0 Å². The summed E-state index contributed by atoms with van der Waals surface area (Å²) < 4.78 is 1.35. The minimum Gasteiger partial charge on any atom is -0.435 e. The number of imide groups is 1. The lowest BCUT2D eigenvalue weighted by Crippen LogP contribution is -2.61. The van der Waals surface area contributed by atoms with Crippen molar-refractivity contribution in [2.45, 2.75) is 72.1 Å². The standard InChI is InChI=1S/C38H44N6O4/c1-5-27(2)35(43(29(4)45)36-21-40-26-42(36)22-31-17-15-30(20-39)16-18-31)24-41(23-33-13-8-12-32-11-6-7-14-34(32)33)25-37(46)44(38(47)48)19-9-10-28(44)3/h6-8,11-18,21,26-28,35H,5,9-10,19,22-25H2,1-4H3/p+1/t27-,28+,35+,44?/m0/s1. The van der Waals surface area contributed by atoms with Crippen molar-refractivity contribution in [2.24, 2.45) is 5.92 Å². The van der Waals surface area contributed by atoms with Crippen molar-refractivity contribution in [3.63, 3.8) is 0 Å². The van der Waals surface area contributed by atoms with Crippen LogP contribution in [0.25, 0.3) is 10.8 Å². The molecule has 0 spiro atoms. The van der Waals surface area contributed by atoms with Crippen molar-refractivity contribution < 1.29 is 24.0 Å². The van der Waals surface area contributed by atoms with Gasteiger partial charge in [-0.2, -0.15) is 14.5 Å². The largest absolute Gasteiger partial charge is 0.521 e. The number of hydrogen-bond donors (Lipinski definition) is 1. The van der Waals surface area contributed by atoms with Crippen molar-refractivity contribution in [1.29, 1.82) is 5.26 Å². The first-order valence-electron chi connectivity index (χ1n) is 16.7. The number of benzene rings is 3. The Morgan fingerprint density at radius 2 is 1.83 bits per heavy atom. The monoisotopic (exact) mass is 649 g/mol. The van der Waals surface area contributed by atoms with E-state index in [0.717, 1.165) is 28.3 Å².